The molecular formula is C22H25N3O2S. The van der Waals surface area contributed by atoms with E-state index in [-0.39, 0.29) is 5.91 Å². The SMILES string of the molecule is CCc1nc2ccc(C(=O)Nc3ccc(N4CCC(OC)CC4)cc3)cc2s1. The number of aryl methyl sites for hydroxylation is 1. The topological polar surface area (TPSA) is 54.5 Å². The van der Waals surface area contributed by atoms with E-state index in [9.17, 15) is 4.79 Å². The molecule has 1 aromatic heterocycles. The Morgan fingerprint density at radius 2 is 1.96 bits per heavy atom. The first kappa shape index (κ1) is 18.9. The lowest BCUT2D eigenvalue weighted by Gasteiger charge is -2.33. The van der Waals surface area contributed by atoms with Gasteiger partial charge in [-0.15, -0.1) is 11.3 Å². The molecule has 1 amide bonds. The number of carbonyl (C=O) groups excluding carboxylic acids is 1. The van der Waals surface area contributed by atoms with Crippen molar-refractivity contribution in [1.29, 1.82) is 0 Å². The number of aromatic nitrogens is 1. The summed E-state index contributed by atoms with van der Waals surface area (Å²) in [6, 6.07) is 13.8. The second-order valence-electron chi connectivity index (χ2n) is 7.07. The third-order valence-corrected chi connectivity index (χ3v) is 6.43. The normalized spacial score (nSPS) is 15.1. The smallest absolute Gasteiger partial charge is 0.255 e. The fraction of sp³-hybridized carbons (Fsp3) is 0.364. The zero-order chi connectivity index (χ0) is 19.5. The van der Waals surface area contributed by atoms with Crippen molar-refractivity contribution in [2.75, 3.05) is 30.4 Å². The van der Waals surface area contributed by atoms with E-state index in [4.69, 9.17) is 4.74 Å². The van der Waals surface area contributed by atoms with Gasteiger partial charge in [-0.1, -0.05) is 6.92 Å². The number of amides is 1. The van der Waals surface area contributed by atoms with Crippen molar-refractivity contribution in [1.82, 2.24) is 4.98 Å². The number of nitrogens with zero attached hydrogens (tertiary/aromatic N) is 2. The summed E-state index contributed by atoms with van der Waals surface area (Å²) < 4.78 is 6.49. The molecular weight excluding hydrogens is 370 g/mol. The monoisotopic (exact) mass is 395 g/mol. The summed E-state index contributed by atoms with van der Waals surface area (Å²) in [5.41, 5.74) is 3.61. The average molecular weight is 396 g/mol. The Balaban J connectivity index is 1.42. The molecule has 3 aromatic rings. The van der Waals surface area contributed by atoms with Crippen LogP contribution in [0, 0.1) is 0 Å². The Hall–Kier alpha value is -2.44. The molecule has 0 unspecified atom stereocenters. The second-order valence-corrected chi connectivity index (χ2v) is 8.18. The van der Waals surface area contributed by atoms with Gasteiger partial charge in [0.2, 0.25) is 0 Å². The number of piperidine rings is 1. The predicted molar refractivity (Wildman–Crippen MR) is 116 cm³/mol. The standard InChI is InChI=1S/C22H25N3O2S/c1-3-21-24-19-9-4-15(14-20(19)28-21)22(26)23-16-5-7-17(8-6-16)25-12-10-18(27-2)11-13-25/h4-9,14,18H,3,10-13H2,1-2H3,(H,23,26). The van der Waals surface area contributed by atoms with E-state index in [2.05, 4.69) is 34.3 Å². The second kappa shape index (κ2) is 8.29. The molecule has 1 fully saturated rings. The largest absolute Gasteiger partial charge is 0.381 e. The molecule has 1 N–H and O–H groups in total. The van der Waals surface area contributed by atoms with Crippen molar-refractivity contribution in [2.24, 2.45) is 0 Å². The van der Waals surface area contributed by atoms with Crippen LogP contribution < -0.4 is 10.2 Å². The highest BCUT2D eigenvalue weighted by molar-refractivity contribution is 7.18. The van der Waals surface area contributed by atoms with E-state index in [0.717, 1.165) is 53.3 Å². The summed E-state index contributed by atoms with van der Waals surface area (Å²) in [7, 11) is 1.78. The number of carbonyl (C=O) groups is 1. The molecule has 28 heavy (non-hydrogen) atoms. The number of rotatable bonds is 5. The van der Waals surface area contributed by atoms with E-state index in [1.807, 2.05) is 30.3 Å². The molecule has 0 radical (unpaired) electrons. The maximum absolute atomic E-state index is 12.6. The van der Waals surface area contributed by atoms with Crippen LogP contribution in [0.3, 0.4) is 0 Å². The minimum absolute atomic E-state index is 0.0954. The number of thiazole rings is 1. The summed E-state index contributed by atoms with van der Waals surface area (Å²) in [5.74, 6) is -0.0954. The number of fused-ring (bicyclic) bond motifs is 1. The first-order chi connectivity index (χ1) is 13.7. The van der Waals surface area contributed by atoms with Crippen LogP contribution in [-0.4, -0.2) is 37.2 Å². The molecule has 0 bridgehead atoms. The number of nitrogens with one attached hydrogen (secondary N) is 1. The summed E-state index contributed by atoms with van der Waals surface area (Å²) in [4.78, 5) is 19.6. The molecule has 4 rings (SSSR count). The zero-order valence-electron chi connectivity index (χ0n) is 16.3. The van der Waals surface area contributed by atoms with E-state index in [1.54, 1.807) is 18.4 Å². The fourth-order valence-electron chi connectivity index (χ4n) is 3.57. The van der Waals surface area contributed by atoms with Crippen LogP contribution in [0.5, 0.6) is 0 Å². The summed E-state index contributed by atoms with van der Waals surface area (Å²) in [6.07, 6.45) is 3.39. The van der Waals surface area contributed by atoms with Crippen molar-refractivity contribution in [2.45, 2.75) is 32.3 Å². The highest BCUT2D eigenvalue weighted by Crippen LogP contribution is 2.25. The van der Waals surface area contributed by atoms with E-state index in [0.29, 0.717) is 11.7 Å². The molecule has 1 saturated heterocycles. The molecule has 0 aliphatic carbocycles. The first-order valence-electron chi connectivity index (χ1n) is 9.75. The van der Waals surface area contributed by atoms with Gasteiger partial charge >= 0.3 is 0 Å². The van der Waals surface area contributed by atoms with Crippen LogP contribution in [0.15, 0.2) is 42.5 Å². The number of anilines is 2. The van der Waals surface area contributed by atoms with Crippen molar-refractivity contribution >= 4 is 38.8 Å². The maximum atomic E-state index is 12.6. The van der Waals surface area contributed by atoms with Gasteiger partial charge < -0.3 is 15.0 Å². The van der Waals surface area contributed by atoms with Crippen molar-refractivity contribution < 1.29 is 9.53 Å². The van der Waals surface area contributed by atoms with Gasteiger partial charge in [0.15, 0.2) is 0 Å². The highest BCUT2D eigenvalue weighted by atomic mass is 32.1. The summed E-state index contributed by atoms with van der Waals surface area (Å²) in [5, 5.41) is 4.09. The molecule has 0 saturated carbocycles. The van der Waals surface area contributed by atoms with Crippen LogP contribution in [-0.2, 0) is 11.2 Å². The summed E-state index contributed by atoms with van der Waals surface area (Å²) in [6.45, 7) is 4.09. The van der Waals surface area contributed by atoms with Crippen molar-refractivity contribution in [3.05, 3.63) is 53.0 Å². The molecule has 2 aromatic carbocycles. The third-order valence-electron chi connectivity index (χ3n) is 5.26. The van der Waals surface area contributed by atoms with Gasteiger partial charge in [0.25, 0.3) is 5.91 Å². The highest BCUT2D eigenvalue weighted by Gasteiger charge is 2.19. The van der Waals surface area contributed by atoms with E-state index in [1.165, 1.54) is 5.69 Å². The molecule has 1 aliphatic rings. The van der Waals surface area contributed by atoms with Gasteiger partial charge in [-0.3, -0.25) is 4.79 Å². The quantitative estimate of drug-likeness (QED) is 0.679. The Bertz CT molecular complexity index is 960. The molecule has 6 heteroatoms. The minimum atomic E-state index is -0.0954. The lowest BCUT2D eigenvalue weighted by Crippen LogP contribution is -2.36. The van der Waals surface area contributed by atoms with Crippen LogP contribution in [0.2, 0.25) is 0 Å². The maximum Gasteiger partial charge on any atom is 0.255 e. The Kier molecular flexibility index (Phi) is 5.59. The predicted octanol–water partition coefficient (Wildman–Crippen LogP) is 4.73. The molecule has 1 aliphatic heterocycles. The Morgan fingerprint density at radius 1 is 1.21 bits per heavy atom. The van der Waals surface area contributed by atoms with Crippen LogP contribution in [0.1, 0.15) is 35.1 Å². The van der Waals surface area contributed by atoms with Gasteiger partial charge in [0, 0.05) is 37.1 Å². The Labute approximate surface area is 169 Å². The lowest BCUT2D eigenvalue weighted by molar-refractivity contribution is 0.0819. The molecule has 5 nitrogen and oxygen atoms in total. The van der Waals surface area contributed by atoms with Crippen LogP contribution in [0.25, 0.3) is 10.2 Å². The molecule has 146 valence electrons. The fourth-order valence-corrected chi connectivity index (χ4v) is 4.52. The van der Waals surface area contributed by atoms with Crippen molar-refractivity contribution in [3.8, 4) is 0 Å². The number of benzene rings is 2. The molecule has 0 atom stereocenters. The van der Waals surface area contributed by atoms with E-state index < -0.39 is 0 Å². The number of methoxy groups -OCH3 is 1. The zero-order valence-corrected chi connectivity index (χ0v) is 17.1. The van der Waals surface area contributed by atoms with Crippen LogP contribution >= 0.6 is 11.3 Å². The van der Waals surface area contributed by atoms with E-state index >= 15 is 0 Å². The Morgan fingerprint density at radius 3 is 2.64 bits per heavy atom. The van der Waals surface area contributed by atoms with Gasteiger partial charge in [0.05, 0.1) is 21.3 Å². The molecule has 0 spiro atoms. The van der Waals surface area contributed by atoms with Crippen molar-refractivity contribution in [3.63, 3.8) is 0 Å². The number of hydrogen-bond donors (Lipinski definition) is 1. The number of ether oxygens (including phenoxy) is 1. The van der Waals surface area contributed by atoms with Gasteiger partial charge in [0.1, 0.15) is 0 Å². The first-order valence-corrected chi connectivity index (χ1v) is 10.6. The lowest BCUT2D eigenvalue weighted by atomic mass is 10.1. The van der Waals surface area contributed by atoms with Gasteiger partial charge in [-0.05, 0) is 61.7 Å². The number of hydrogen-bond acceptors (Lipinski definition) is 5. The van der Waals surface area contributed by atoms with Gasteiger partial charge in [-0.2, -0.15) is 0 Å². The third kappa shape index (κ3) is 4.03. The minimum Gasteiger partial charge on any atom is -0.381 e. The van der Waals surface area contributed by atoms with Gasteiger partial charge in [-0.25, -0.2) is 4.98 Å². The summed E-state index contributed by atoms with van der Waals surface area (Å²) >= 11 is 1.65. The van der Waals surface area contributed by atoms with Crippen LogP contribution in [0.4, 0.5) is 11.4 Å². The molecule has 2 heterocycles. The average Bonchev–Trinajstić information content (AvgIpc) is 3.17.